The van der Waals surface area contributed by atoms with E-state index in [0.717, 1.165) is 25.1 Å². The van der Waals surface area contributed by atoms with Gasteiger partial charge in [-0.05, 0) is 171 Å². The van der Waals surface area contributed by atoms with Crippen molar-refractivity contribution in [3.05, 3.63) is 270 Å². The Morgan fingerprint density at radius 1 is 0.221 bits per heavy atom. The summed E-state index contributed by atoms with van der Waals surface area (Å²) in [7, 11) is -1.44. The monoisotopic (exact) mass is 1110 g/mol. The summed E-state index contributed by atoms with van der Waals surface area (Å²) < 4.78 is 2.22. The zero-order valence-corrected chi connectivity index (χ0v) is 44.7. The molecule has 0 aliphatic carbocycles. The van der Waals surface area contributed by atoms with Gasteiger partial charge >= 0.3 is 7.12 Å². The Kier molecular flexibility index (Phi) is 11.8. The molecule has 0 aliphatic heterocycles. The molecule has 0 saturated carbocycles. The molecule has 0 heterocycles. The van der Waals surface area contributed by atoms with E-state index in [1.54, 1.807) is 6.07 Å². The number of halogens is 2. The number of benzene rings is 16. The van der Waals surface area contributed by atoms with Crippen LogP contribution < -0.4 is 5.46 Å². The fourth-order valence-corrected chi connectivity index (χ4v) is 12.5. The smallest absolute Gasteiger partial charge is 0.423 e. The number of hydrogen-bond donors (Lipinski definition) is 2. The third-order valence-corrected chi connectivity index (χ3v) is 16.7. The van der Waals surface area contributed by atoms with Gasteiger partial charge in [0.05, 0.1) is 0 Å². The highest BCUT2D eigenvalue weighted by atomic mass is 79.9. The van der Waals surface area contributed by atoms with Gasteiger partial charge in [-0.2, -0.15) is 0 Å². The largest absolute Gasteiger partial charge is 0.489 e. The molecule has 0 radical (unpaired) electrons. The molecule has 0 saturated heterocycles. The maximum Gasteiger partial charge on any atom is 0.489 e. The Labute approximate surface area is 462 Å². The summed E-state index contributed by atoms with van der Waals surface area (Å²) in [5.41, 5.74) is 10.6. The summed E-state index contributed by atoms with van der Waals surface area (Å²) in [6, 6.07) is 93.3. The summed E-state index contributed by atoms with van der Waals surface area (Å²) >= 11 is 6.84. The topological polar surface area (TPSA) is 40.5 Å². The van der Waals surface area contributed by atoms with Gasteiger partial charge in [-0.15, -0.1) is 0 Å². The zero-order chi connectivity index (χ0) is 51.7. The number of hydrogen-bond acceptors (Lipinski definition) is 2. The van der Waals surface area contributed by atoms with Crippen LogP contribution in [0.1, 0.15) is 0 Å². The average molecular weight is 1110 g/mol. The molecule has 5 heteroatoms. The predicted octanol–water partition coefficient (Wildman–Crippen LogP) is 19.6. The van der Waals surface area contributed by atoms with E-state index < -0.39 is 7.12 Å². The van der Waals surface area contributed by atoms with Gasteiger partial charge in [0, 0.05) is 8.95 Å². The summed E-state index contributed by atoms with van der Waals surface area (Å²) in [5, 5.41) is 41.6. The second-order valence-electron chi connectivity index (χ2n) is 20.0. The summed E-state index contributed by atoms with van der Waals surface area (Å²) in [5.74, 6) is 0. The zero-order valence-electron chi connectivity index (χ0n) is 41.6. The Morgan fingerprint density at radius 3 is 0.805 bits per heavy atom. The highest BCUT2D eigenvalue weighted by Crippen LogP contribution is 2.42. The van der Waals surface area contributed by atoms with Crippen molar-refractivity contribution in [1.29, 1.82) is 0 Å². The molecule has 0 bridgehead atoms. The first-order chi connectivity index (χ1) is 37.8. The second kappa shape index (κ2) is 19.3. The van der Waals surface area contributed by atoms with Crippen LogP contribution in [0.15, 0.2) is 270 Å². The molecule has 0 aliphatic rings. The fourth-order valence-electron chi connectivity index (χ4n) is 11.9. The van der Waals surface area contributed by atoms with E-state index in [-0.39, 0.29) is 0 Å². The highest BCUT2D eigenvalue weighted by Gasteiger charge is 2.18. The van der Waals surface area contributed by atoms with Crippen LogP contribution in [0.3, 0.4) is 0 Å². The highest BCUT2D eigenvalue weighted by molar-refractivity contribution is 9.10. The summed E-state index contributed by atoms with van der Waals surface area (Å²) in [6.07, 6.45) is 0. The predicted molar refractivity (Wildman–Crippen MR) is 337 cm³/mol. The lowest BCUT2D eigenvalue weighted by Gasteiger charge is -2.15. The first-order valence-corrected chi connectivity index (χ1v) is 27.5. The Balaban J connectivity index is 0.000000133. The minimum Gasteiger partial charge on any atom is -0.423 e. The molecule has 16 aromatic rings. The fraction of sp³-hybridized carbons (Fsp3) is 0. The first-order valence-electron chi connectivity index (χ1n) is 25.9. The van der Waals surface area contributed by atoms with Crippen molar-refractivity contribution in [2.45, 2.75) is 0 Å². The van der Waals surface area contributed by atoms with E-state index in [1.807, 2.05) is 24.3 Å². The van der Waals surface area contributed by atoms with Crippen LogP contribution in [0, 0.1) is 0 Å². The summed E-state index contributed by atoms with van der Waals surface area (Å²) in [4.78, 5) is 0. The minimum atomic E-state index is -1.44. The van der Waals surface area contributed by atoms with Gasteiger partial charge < -0.3 is 10.0 Å². The number of rotatable bonds is 5. The van der Waals surface area contributed by atoms with Crippen LogP contribution >= 0.6 is 31.9 Å². The van der Waals surface area contributed by atoms with E-state index in [4.69, 9.17) is 0 Å². The van der Waals surface area contributed by atoms with Crippen molar-refractivity contribution >= 4 is 141 Å². The van der Waals surface area contributed by atoms with Crippen molar-refractivity contribution < 1.29 is 10.0 Å². The molecule has 77 heavy (non-hydrogen) atoms. The maximum absolute atomic E-state index is 9.51. The van der Waals surface area contributed by atoms with Gasteiger partial charge in [0.25, 0.3) is 0 Å². The van der Waals surface area contributed by atoms with Gasteiger partial charge in [0.15, 0.2) is 0 Å². The lowest BCUT2D eigenvalue weighted by Crippen LogP contribution is -2.30. The van der Waals surface area contributed by atoms with E-state index in [2.05, 4.69) is 262 Å². The van der Waals surface area contributed by atoms with Gasteiger partial charge in [-0.3, -0.25) is 0 Å². The quantitative estimate of drug-likeness (QED) is 0.133. The van der Waals surface area contributed by atoms with Crippen LogP contribution in [0.4, 0.5) is 0 Å². The van der Waals surface area contributed by atoms with E-state index >= 15 is 0 Å². The summed E-state index contributed by atoms with van der Waals surface area (Å²) in [6.45, 7) is 0. The van der Waals surface area contributed by atoms with Crippen molar-refractivity contribution in [2.75, 3.05) is 0 Å². The molecule has 362 valence electrons. The molecule has 0 fully saturated rings. The van der Waals surface area contributed by atoms with Gasteiger partial charge in [0.1, 0.15) is 0 Å². The van der Waals surface area contributed by atoms with Crippen LogP contribution in [0.5, 0.6) is 0 Å². The first kappa shape index (κ1) is 47.1. The van der Waals surface area contributed by atoms with Crippen LogP contribution in [0.2, 0.25) is 0 Å². The molecular formula is C72H45BBr2O2. The standard InChI is InChI=1S/C44H26.C16H11BO2.C12H8Br2/c1-3-31-15-17-35-19-23-37(39-25-21-33(5-1)41(31)43(35)39)29-11-7-27(8-12-29)28-9-13-30(14-10-28)38-24-20-36-18-16-32-4-2-6-34-22-26-40(38)44(36)42(32)34;18-17(19)14-9-7-12-5-4-10-2-1-3-11-6-8-13(14)16(12)15(10)11;13-11-5-1-9(2-6-11)10-3-7-12(14)8-4-10/h1-26H;1-9,18-19H;1-8H. The third-order valence-electron chi connectivity index (χ3n) is 15.6. The van der Waals surface area contributed by atoms with Crippen molar-refractivity contribution in [1.82, 2.24) is 0 Å². The lowest BCUT2D eigenvalue weighted by atomic mass is 9.75. The maximum atomic E-state index is 9.51. The van der Waals surface area contributed by atoms with Gasteiger partial charge in [0.2, 0.25) is 0 Å². The van der Waals surface area contributed by atoms with Crippen LogP contribution in [0.25, 0.3) is 141 Å². The Morgan fingerprint density at radius 2 is 0.468 bits per heavy atom. The van der Waals surface area contributed by atoms with Crippen molar-refractivity contribution in [2.24, 2.45) is 0 Å². The molecule has 16 rings (SSSR count). The van der Waals surface area contributed by atoms with E-state index in [1.165, 1.54) is 125 Å². The van der Waals surface area contributed by atoms with Gasteiger partial charge in [-0.1, -0.05) is 268 Å². The second-order valence-corrected chi connectivity index (χ2v) is 21.8. The van der Waals surface area contributed by atoms with Crippen molar-refractivity contribution in [3.63, 3.8) is 0 Å². The molecule has 2 nitrogen and oxygen atoms in total. The third kappa shape index (κ3) is 8.35. The van der Waals surface area contributed by atoms with Crippen LogP contribution in [-0.4, -0.2) is 17.2 Å². The minimum absolute atomic E-state index is 0.561. The molecule has 0 spiro atoms. The normalized spacial score (nSPS) is 11.6. The van der Waals surface area contributed by atoms with Gasteiger partial charge in [-0.25, -0.2) is 0 Å². The van der Waals surface area contributed by atoms with E-state index in [9.17, 15) is 10.0 Å². The lowest BCUT2D eigenvalue weighted by molar-refractivity contribution is 0.426. The molecule has 0 unspecified atom stereocenters. The van der Waals surface area contributed by atoms with E-state index in [0.29, 0.717) is 5.46 Å². The van der Waals surface area contributed by atoms with Crippen LogP contribution in [-0.2, 0) is 0 Å². The molecule has 16 aromatic carbocycles. The molecule has 0 atom stereocenters. The van der Waals surface area contributed by atoms with Crippen molar-refractivity contribution in [3.8, 4) is 44.5 Å². The SMILES string of the molecule is Brc1ccc(-c2ccc(Br)cc2)cc1.OB(O)c1ccc2ccc3cccc4ccc1c2c34.c1cc2ccc3ccc(-c4ccc(-c5ccc(-c6ccc7ccc8cccc9ccc6c7c89)cc5)cc4)c4ccc(c1)c2c34. The Bertz CT molecular complexity index is 4540. The molecule has 0 amide bonds. The average Bonchev–Trinajstić information content (AvgIpc) is 3.53. The molecule has 2 N–H and O–H groups in total. The Hall–Kier alpha value is -8.42. The molecule has 0 aromatic heterocycles. The molecular weight excluding hydrogens is 1070 g/mol.